The number of rotatable bonds is 3. The van der Waals surface area contributed by atoms with Gasteiger partial charge >= 0.3 is 0 Å². The van der Waals surface area contributed by atoms with Crippen molar-refractivity contribution in [3.63, 3.8) is 0 Å². The fourth-order valence-electron chi connectivity index (χ4n) is 2.79. The van der Waals surface area contributed by atoms with Gasteiger partial charge in [0.2, 0.25) is 0 Å². The summed E-state index contributed by atoms with van der Waals surface area (Å²) in [5.74, 6) is 0. The van der Waals surface area contributed by atoms with Gasteiger partial charge in [0.15, 0.2) is 0 Å². The zero-order chi connectivity index (χ0) is 12.5. The highest BCUT2D eigenvalue weighted by atomic mass is 32.1. The van der Waals surface area contributed by atoms with Gasteiger partial charge in [0.05, 0.1) is 5.54 Å². The minimum absolute atomic E-state index is 0.137. The van der Waals surface area contributed by atoms with Gasteiger partial charge in [-0.05, 0) is 44.9 Å². The monoisotopic (exact) mass is 252 g/mol. The third kappa shape index (κ3) is 2.89. The Balaban J connectivity index is 2.21. The summed E-state index contributed by atoms with van der Waals surface area (Å²) in [5.41, 5.74) is 0.636. The van der Waals surface area contributed by atoms with Crippen LogP contribution in [0.25, 0.3) is 0 Å². The second-order valence-corrected chi connectivity index (χ2v) is 7.28. The Morgan fingerprint density at radius 3 is 2.35 bits per heavy atom. The van der Waals surface area contributed by atoms with E-state index in [0.29, 0.717) is 11.5 Å². The van der Waals surface area contributed by atoms with Crippen molar-refractivity contribution in [2.45, 2.75) is 65.0 Å². The number of nitrogens with one attached hydrogen (secondary N) is 1. The maximum absolute atomic E-state index is 4.57. The molecule has 96 valence electrons. The first-order valence-corrected chi connectivity index (χ1v) is 7.49. The number of aromatic nitrogens is 1. The zero-order valence-corrected chi connectivity index (χ0v) is 12.2. The van der Waals surface area contributed by atoms with Crippen LogP contribution in [0.3, 0.4) is 0 Å². The first kappa shape index (κ1) is 13.0. The molecule has 0 unspecified atom stereocenters. The minimum Gasteiger partial charge on any atom is -0.303 e. The van der Waals surface area contributed by atoms with Crippen LogP contribution in [0, 0.1) is 5.41 Å². The Morgan fingerprint density at radius 1 is 1.24 bits per heavy atom. The first-order chi connectivity index (χ1) is 7.94. The maximum atomic E-state index is 4.57. The Bertz CT molecular complexity index is 344. The lowest BCUT2D eigenvalue weighted by atomic mass is 9.69. The molecule has 2 rings (SSSR count). The fourth-order valence-corrected chi connectivity index (χ4v) is 3.65. The molecule has 17 heavy (non-hydrogen) atoms. The molecule has 1 aliphatic rings. The van der Waals surface area contributed by atoms with E-state index in [2.05, 4.69) is 43.4 Å². The van der Waals surface area contributed by atoms with Gasteiger partial charge in [-0.2, -0.15) is 0 Å². The molecule has 1 heterocycles. The molecular weight excluding hydrogens is 228 g/mol. The van der Waals surface area contributed by atoms with Gasteiger partial charge in [0.25, 0.3) is 0 Å². The highest BCUT2D eigenvalue weighted by Crippen LogP contribution is 2.45. The van der Waals surface area contributed by atoms with Crippen molar-refractivity contribution in [2.75, 3.05) is 0 Å². The molecule has 1 N–H and O–H groups in total. The van der Waals surface area contributed by atoms with Crippen LogP contribution in [-0.4, -0.2) is 11.0 Å². The van der Waals surface area contributed by atoms with E-state index in [0.717, 1.165) is 0 Å². The van der Waals surface area contributed by atoms with E-state index in [1.807, 2.05) is 6.20 Å². The van der Waals surface area contributed by atoms with Crippen molar-refractivity contribution in [3.8, 4) is 0 Å². The van der Waals surface area contributed by atoms with Gasteiger partial charge < -0.3 is 5.32 Å². The van der Waals surface area contributed by atoms with E-state index in [1.165, 1.54) is 30.7 Å². The summed E-state index contributed by atoms with van der Waals surface area (Å²) in [6, 6.07) is 0.514. The highest BCUT2D eigenvalue weighted by Gasteiger charge is 2.41. The summed E-state index contributed by atoms with van der Waals surface area (Å²) < 4.78 is 0. The third-order valence-electron chi connectivity index (χ3n) is 3.86. The van der Waals surface area contributed by atoms with Gasteiger partial charge in [0, 0.05) is 17.6 Å². The lowest BCUT2D eigenvalue weighted by Crippen LogP contribution is -2.49. The molecule has 0 aromatic carbocycles. The van der Waals surface area contributed by atoms with E-state index >= 15 is 0 Å². The van der Waals surface area contributed by atoms with Gasteiger partial charge in [-0.25, -0.2) is 4.98 Å². The predicted octanol–water partition coefficient (Wildman–Crippen LogP) is 3.94. The van der Waals surface area contributed by atoms with Crippen LogP contribution in [0.15, 0.2) is 11.6 Å². The maximum Gasteiger partial charge on any atom is 0.113 e. The normalized spacial score (nSPS) is 22.9. The quantitative estimate of drug-likeness (QED) is 0.881. The Morgan fingerprint density at radius 2 is 1.88 bits per heavy atom. The van der Waals surface area contributed by atoms with Crippen LogP contribution < -0.4 is 5.32 Å². The number of thiazole rings is 1. The van der Waals surface area contributed by atoms with Crippen molar-refractivity contribution < 1.29 is 0 Å². The Labute approximate surface area is 109 Å². The summed E-state index contributed by atoms with van der Waals surface area (Å²) >= 11 is 1.80. The van der Waals surface area contributed by atoms with E-state index in [-0.39, 0.29) is 5.54 Å². The third-order valence-corrected chi connectivity index (χ3v) is 4.84. The summed E-state index contributed by atoms with van der Waals surface area (Å²) in [7, 11) is 0. The standard InChI is InChI=1S/C14H24N2S/c1-11(2)16-14(12-15-9-10-17-12)7-5-13(3,4)6-8-14/h9-11,16H,5-8H2,1-4H3. The molecule has 0 radical (unpaired) electrons. The SMILES string of the molecule is CC(C)NC1(c2nccs2)CCC(C)(C)CC1. The molecule has 1 fully saturated rings. The number of nitrogens with zero attached hydrogens (tertiary/aromatic N) is 1. The average Bonchev–Trinajstić information content (AvgIpc) is 2.75. The van der Waals surface area contributed by atoms with Crippen LogP contribution in [0.1, 0.15) is 58.4 Å². The molecule has 1 aliphatic carbocycles. The molecule has 1 aromatic rings. The fraction of sp³-hybridized carbons (Fsp3) is 0.786. The molecule has 1 aromatic heterocycles. The molecule has 0 aliphatic heterocycles. The summed E-state index contributed by atoms with van der Waals surface area (Å²) in [6.07, 6.45) is 6.93. The van der Waals surface area contributed by atoms with Crippen molar-refractivity contribution in [2.24, 2.45) is 5.41 Å². The van der Waals surface area contributed by atoms with Crippen LogP contribution in [0.4, 0.5) is 0 Å². The zero-order valence-electron chi connectivity index (χ0n) is 11.4. The lowest BCUT2D eigenvalue weighted by Gasteiger charge is -2.44. The average molecular weight is 252 g/mol. The van der Waals surface area contributed by atoms with Crippen molar-refractivity contribution in [1.82, 2.24) is 10.3 Å². The molecule has 0 bridgehead atoms. The largest absolute Gasteiger partial charge is 0.303 e. The van der Waals surface area contributed by atoms with Crippen LogP contribution >= 0.6 is 11.3 Å². The molecule has 3 heteroatoms. The molecule has 0 saturated heterocycles. The molecule has 0 atom stereocenters. The van der Waals surface area contributed by atoms with Crippen LogP contribution in [0.2, 0.25) is 0 Å². The van der Waals surface area contributed by atoms with Crippen molar-refractivity contribution in [3.05, 3.63) is 16.6 Å². The highest BCUT2D eigenvalue weighted by molar-refractivity contribution is 7.09. The lowest BCUT2D eigenvalue weighted by molar-refractivity contribution is 0.126. The number of hydrogen-bond donors (Lipinski definition) is 1. The van der Waals surface area contributed by atoms with Gasteiger partial charge in [-0.1, -0.05) is 13.8 Å². The van der Waals surface area contributed by atoms with Gasteiger partial charge in [0.1, 0.15) is 5.01 Å². The number of hydrogen-bond acceptors (Lipinski definition) is 3. The predicted molar refractivity (Wildman–Crippen MR) is 74.3 cm³/mol. The Hall–Kier alpha value is -0.410. The topological polar surface area (TPSA) is 24.9 Å². The van der Waals surface area contributed by atoms with E-state index in [1.54, 1.807) is 11.3 Å². The van der Waals surface area contributed by atoms with Gasteiger partial charge in [-0.3, -0.25) is 0 Å². The van der Waals surface area contributed by atoms with E-state index < -0.39 is 0 Å². The molecule has 0 spiro atoms. The van der Waals surface area contributed by atoms with Gasteiger partial charge in [-0.15, -0.1) is 11.3 Å². The van der Waals surface area contributed by atoms with Crippen LogP contribution in [0.5, 0.6) is 0 Å². The second kappa shape index (κ2) is 4.69. The van der Waals surface area contributed by atoms with E-state index in [4.69, 9.17) is 0 Å². The van der Waals surface area contributed by atoms with Crippen molar-refractivity contribution in [1.29, 1.82) is 0 Å². The molecular formula is C14H24N2S. The Kier molecular flexibility index (Phi) is 3.60. The molecule has 2 nitrogen and oxygen atoms in total. The van der Waals surface area contributed by atoms with E-state index in [9.17, 15) is 0 Å². The smallest absolute Gasteiger partial charge is 0.113 e. The second-order valence-electron chi connectivity index (χ2n) is 6.38. The summed E-state index contributed by atoms with van der Waals surface area (Å²) in [5, 5.41) is 7.16. The summed E-state index contributed by atoms with van der Waals surface area (Å²) in [4.78, 5) is 4.57. The first-order valence-electron chi connectivity index (χ1n) is 6.61. The van der Waals surface area contributed by atoms with Crippen molar-refractivity contribution >= 4 is 11.3 Å². The molecule has 1 saturated carbocycles. The summed E-state index contributed by atoms with van der Waals surface area (Å²) in [6.45, 7) is 9.23. The molecule has 0 amide bonds. The van der Waals surface area contributed by atoms with Crippen LogP contribution in [-0.2, 0) is 5.54 Å². The minimum atomic E-state index is 0.137.